The van der Waals surface area contributed by atoms with Gasteiger partial charge in [0.05, 0.1) is 23.1 Å². The third-order valence-corrected chi connectivity index (χ3v) is 6.36. The van der Waals surface area contributed by atoms with Crippen LogP contribution in [0.3, 0.4) is 0 Å². The lowest BCUT2D eigenvalue weighted by atomic mass is 9.97. The molecule has 28 heavy (non-hydrogen) atoms. The molecule has 0 amide bonds. The second-order valence-electron chi connectivity index (χ2n) is 8.08. The first-order valence-electron chi connectivity index (χ1n) is 9.88. The van der Waals surface area contributed by atoms with Gasteiger partial charge in [-0.2, -0.15) is 4.52 Å². The first kappa shape index (κ1) is 19.4. The van der Waals surface area contributed by atoms with E-state index in [2.05, 4.69) is 66.9 Å². The highest BCUT2D eigenvalue weighted by atomic mass is 32.1. The monoisotopic (exact) mass is 400 g/mol. The molecular formula is C21H28N4O2S. The summed E-state index contributed by atoms with van der Waals surface area (Å²) in [6, 6.07) is 8.71. The Morgan fingerprint density at radius 2 is 1.71 bits per heavy atom. The van der Waals surface area contributed by atoms with Crippen LogP contribution in [0.2, 0.25) is 0 Å². The number of hydrogen-bond donors (Lipinski definition) is 1. The van der Waals surface area contributed by atoms with Gasteiger partial charge in [0.25, 0.3) is 0 Å². The molecule has 0 spiro atoms. The smallest absolute Gasteiger partial charge is 0.230 e. The first-order valence-corrected chi connectivity index (χ1v) is 10.7. The Balaban J connectivity index is 1.80. The summed E-state index contributed by atoms with van der Waals surface area (Å²) in [5.41, 5.74) is 2.48. The Hall–Kier alpha value is -1.96. The number of aromatic hydroxyl groups is 1. The van der Waals surface area contributed by atoms with E-state index in [1.165, 1.54) is 22.5 Å². The predicted octanol–water partition coefficient (Wildman–Crippen LogP) is 4.13. The highest BCUT2D eigenvalue weighted by molar-refractivity contribution is 7.17. The van der Waals surface area contributed by atoms with Gasteiger partial charge in [-0.1, -0.05) is 49.4 Å². The summed E-state index contributed by atoms with van der Waals surface area (Å²) in [6.45, 7) is 12.1. The van der Waals surface area contributed by atoms with Crippen LogP contribution < -0.4 is 0 Å². The van der Waals surface area contributed by atoms with Gasteiger partial charge in [0, 0.05) is 13.1 Å². The Labute approximate surface area is 169 Å². The molecule has 7 heteroatoms. The van der Waals surface area contributed by atoms with Crippen molar-refractivity contribution in [3.05, 3.63) is 46.1 Å². The molecule has 150 valence electrons. The lowest BCUT2D eigenvalue weighted by molar-refractivity contribution is -0.0764. The molecule has 1 aliphatic rings. The van der Waals surface area contributed by atoms with E-state index in [4.69, 9.17) is 4.74 Å². The van der Waals surface area contributed by atoms with Crippen LogP contribution in [0.1, 0.15) is 61.5 Å². The van der Waals surface area contributed by atoms with Crippen molar-refractivity contribution >= 4 is 16.3 Å². The highest BCUT2D eigenvalue weighted by Gasteiger charge is 2.34. The van der Waals surface area contributed by atoms with Crippen LogP contribution in [0.5, 0.6) is 5.88 Å². The average molecular weight is 401 g/mol. The molecule has 1 N–H and O–H groups in total. The number of aryl methyl sites for hydroxylation is 1. The van der Waals surface area contributed by atoms with Crippen LogP contribution >= 0.6 is 11.3 Å². The zero-order chi connectivity index (χ0) is 20.0. The molecule has 0 radical (unpaired) electrons. The molecule has 4 rings (SSSR count). The number of benzene rings is 1. The molecule has 0 unspecified atom stereocenters. The Kier molecular flexibility index (Phi) is 5.16. The molecule has 0 bridgehead atoms. The van der Waals surface area contributed by atoms with Crippen molar-refractivity contribution in [3.8, 4) is 5.88 Å². The van der Waals surface area contributed by atoms with Gasteiger partial charge in [-0.15, -0.1) is 5.10 Å². The van der Waals surface area contributed by atoms with Crippen molar-refractivity contribution in [2.24, 2.45) is 0 Å². The number of fused-ring (bicyclic) bond motifs is 1. The molecule has 3 aromatic rings. The number of morpholine rings is 1. The van der Waals surface area contributed by atoms with E-state index in [1.807, 2.05) is 6.92 Å². The maximum atomic E-state index is 11.0. The minimum atomic E-state index is -0.0520. The summed E-state index contributed by atoms with van der Waals surface area (Å²) < 4.78 is 7.50. The Bertz CT molecular complexity index is 953. The van der Waals surface area contributed by atoms with E-state index < -0.39 is 0 Å². The van der Waals surface area contributed by atoms with Crippen LogP contribution in [0, 0.1) is 6.92 Å². The topological polar surface area (TPSA) is 62.9 Å². The molecule has 3 heterocycles. The van der Waals surface area contributed by atoms with Crippen molar-refractivity contribution in [3.63, 3.8) is 0 Å². The lowest BCUT2D eigenvalue weighted by Gasteiger charge is -2.40. The van der Waals surface area contributed by atoms with Crippen LogP contribution in [0.15, 0.2) is 24.3 Å². The predicted molar refractivity (Wildman–Crippen MR) is 111 cm³/mol. The number of ether oxygens (including phenoxy) is 1. The fraction of sp³-hybridized carbons (Fsp3) is 0.524. The van der Waals surface area contributed by atoms with E-state index >= 15 is 0 Å². The van der Waals surface area contributed by atoms with Crippen molar-refractivity contribution in [2.45, 2.75) is 58.8 Å². The highest BCUT2D eigenvalue weighted by Crippen LogP contribution is 2.41. The lowest BCUT2D eigenvalue weighted by Crippen LogP contribution is -2.47. The standard InChI is InChI=1S/C21H28N4O2S/c1-12(2)16-6-8-17(9-7-16)18(24-10-13(3)27-14(4)11-24)19-20(26)25-21(28-19)22-15(5)23-25/h6-9,12-14,18,26H,10-11H2,1-5H3/t13-,14-,18+/m1/s1. The molecule has 3 atom stereocenters. The van der Waals surface area contributed by atoms with Crippen LogP contribution in [-0.2, 0) is 4.74 Å². The number of aromatic nitrogens is 3. The van der Waals surface area contributed by atoms with Gasteiger partial charge in [-0.25, -0.2) is 4.98 Å². The Morgan fingerprint density at radius 1 is 1.11 bits per heavy atom. The first-order chi connectivity index (χ1) is 13.3. The molecule has 6 nitrogen and oxygen atoms in total. The Morgan fingerprint density at radius 3 is 2.29 bits per heavy atom. The largest absolute Gasteiger partial charge is 0.492 e. The maximum Gasteiger partial charge on any atom is 0.230 e. The second-order valence-corrected chi connectivity index (χ2v) is 9.09. The van der Waals surface area contributed by atoms with Crippen molar-refractivity contribution in [1.82, 2.24) is 19.5 Å². The van der Waals surface area contributed by atoms with Crippen LogP contribution in [-0.4, -0.2) is 49.9 Å². The van der Waals surface area contributed by atoms with Crippen molar-refractivity contribution in [2.75, 3.05) is 13.1 Å². The summed E-state index contributed by atoms with van der Waals surface area (Å²) >= 11 is 1.51. The zero-order valence-electron chi connectivity index (χ0n) is 17.1. The zero-order valence-corrected chi connectivity index (χ0v) is 17.9. The molecule has 1 aromatic carbocycles. The van der Waals surface area contributed by atoms with Gasteiger partial charge in [0.1, 0.15) is 5.82 Å². The minimum absolute atomic E-state index is 0.0520. The van der Waals surface area contributed by atoms with E-state index in [1.54, 1.807) is 4.52 Å². The third-order valence-electron chi connectivity index (χ3n) is 5.29. The quantitative estimate of drug-likeness (QED) is 0.714. The van der Waals surface area contributed by atoms with E-state index in [-0.39, 0.29) is 24.1 Å². The van der Waals surface area contributed by atoms with Crippen LogP contribution in [0.25, 0.3) is 4.96 Å². The second kappa shape index (κ2) is 7.46. The van der Waals surface area contributed by atoms with Gasteiger partial charge in [-0.3, -0.25) is 4.90 Å². The summed E-state index contributed by atoms with van der Waals surface area (Å²) in [7, 11) is 0. The SMILES string of the molecule is Cc1nc2sc([C@H](c3ccc(C(C)C)cc3)N3C[C@@H](C)O[C@H](C)C3)c(O)n2n1. The van der Waals surface area contributed by atoms with Gasteiger partial charge in [0.2, 0.25) is 10.8 Å². The molecule has 0 aliphatic carbocycles. The molecule has 1 saturated heterocycles. The molecule has 1 fully saturated rings. The molecule has 0 saturated carbocycles. The van der Waals surface area contributed by atoms with Crippen molar-refractivity contribution in [1.29, 1.82) is 0 Å². The average Bonchev–Trinajstić information content (AvgIpc) is 3.13. The van der Waals surface area contributed by atoms with Crippen molar-refractivity contribution < 1.29 is 9.84 Å². The number of nitrogens with zero attached hydrogens (tertiary/aromatic N) is 4. The third kappa shape index (κ3) is 3.54. The fourth-order valence-electron chi connectivity index (χ4n) is 4.05. The normalized spacial score (nSPS) is 22.2. The van der Waals surface area contributed by atoms with Gasteiger partial charge < -0.3 is 9.84 Å². The van der Waals surface area contributed by atoms with E-state index in [0.29, 0.717) is 11.7 Å². The fourth-order valence-corrected chi connectivity index (χ4v) is 5.21. The molecule has 1 aliphatic heterocycles. The summed E-state index contributed by atoms with van der Waals surface area (Å²) in [5.74, 6) is 1.34. The number of hydrogen-bond acceptors (Lipinski definition) is 6. The summed E-state index contributed by atoms with van der Waals surface area (Å²) in [4.78, 5) is 8.46. The summed E-state index contributed by atoms with van der Waals surface area (Å²) in [5, 5.41) is 15.3. The number of thiazole rings is 1. The van der Waals surface area contributed by atoms with E-state index in [9.17, 15) is 5.11 Å². The van der Waals surface area contributed by atoms with Gasteiger partial charge in [0.15, 0.2) is 0 Å². The number of rotatable bonds is 4. The van der Waals surface area contributed by atoms with E-state index in [0.717, 1.165) is 22.9 Å². The molecular weight excluding hydrogens is 372 g/mol. The summed E-state index contributed by atoms with van der Waals surface area (Å²) in [6.07, 6.45) is 0.292. The maximum absolute atomic E-state index is 11.0. The molecule has 2 aromatic heterocycles. The van der Waals surface area contributed by atoms with Gasteiger partial charge >= 0.3 is 0 Å². The van der Waals surface area contributed by atoms with Gasteiger partial charge in [-0.05, 0) is 37.8 Å². The minimum Gasteiger partial charge on any atom is -0.492 e. The van der Waals surface area contributed by atoms with Crippen LogP contribution in [0.4, 0.5) is 0 Å².